The van der Waals surface area contributed by atoms with Crippen LogP contribution in [-0.2, 0) is 25.2 Å². The lowest BCUT2D eigenvalue weighted by molar-refractivity contribution is -0.154. The van der Waals surface area contributed by atoms with Gasteiger partial charge in [0.15, 0.2) is 12.4 Å². The first kappa shape index (κ1) is 39.6. The van der Waals surface area contributed by atoms with E-state index in [1.165, 1.54) is 12.1 Å². The van der Waals surface area contributed by atoms with Crippen molar-refractivity contribution >= 4 is 56.8 Å². The van der Waals surface area contributed by atoms with Gasteiger partial charge in [0.05, 0.1) is 12.1 Å². The number of nitrogens with one attached hydrogen (secondary N) is 5. The van der Waals surface area contributed by atoms with E-state index in [0.29, 0.717) is 17.1 Å². The van der Waals surface area contributed by atoms with Gasteiger partial charge < -0.3 is 26.0 Å². The zero-order valence-corrected chi connectivity index (χ0v) is 31.4. The summed E-state index contributed by atoms with van der Waals surface area (Å²) in [5.41, 5.74) is -0.124. The van der Waals surface area contributed by atoms with Gasteiger partial charge in [0.2, 0.25) is 32.8 Å². The minimum absolute atomic E-state index is 0.00680. The fraction of sp³-hybridized carbons (Fsp3) is 0.500. The van der Waals surface area contributed by atoms with Crippen molar-refractivity contribution in [1.29, 1.82) is 0 Å². The second-order valence-corrected chi connectivity index (χ2v) is 17.2. The van der Waals surface area contributed by atoms with E-state index in [4.69, 9.17) is 16.3 Å². The number of ether oxygens (including phenoxy) is 1. The highest BCUT2D eigenvalue weighted by atomic mass is 35.5. The van der Waals surface area contributed by atoms with Crippen molar-refractivity contribution < 1.29 is 45.1 Å². The standard InChI is InChI=1S/C36H39ClF4N8O6S/c37-24-9-7-23(8-10-24)33(13-14-33)49-31-45-30(46-32(47-31)55-20-36(39,40)41)44-25-11-5-22(6-12-25)29(52)42-17-1-2-28(51)48-35(18-26(35)21-3-4-21)27(50)19-43-56(53,54)34(38)15-16-34/h5-12,21,26,43H,1-4,13-20H2,(H,42,52)(H,48,51)(H2,44,45,46,47,49)/t26-,35+/m0/s1. The second-order valence-electron chi connectivity index (χ2n) is 14.7. The average Bonchev–Trinajstić information content (AvgIpc) is 3.92. The molecular weight excluding hydrogens is 784 g/mol. The number of hydrogen-bond donors (Lipinski definition) is 5. The van der Waals surface area contributed by atoms with E-state index < -0.39 is 69.0 Å². The van der Waals surface area contributed by atoms with Crippen LogP contribution in [0.2, 0.25) is 5.02 Å². The van der Waals surface area contributed by atoms with Gasteiger partial charge in [0, 0.05) is 42.1 Å². The molecule has 0 bridgehead atoms. The molecule has 56 heavy (non-hydrogen) atoms. The number of sulfonamides is 1. The van der Waals surface area contributed by atoms with Crippen molar-refractivity contribution in [3.63, 3.8) is 0 Å². The number of carbonyl (C=O) groups is 3. The summed E-state index contributed by atoms with van der Waals surface area (Å²) in [7, 11) is -4.30. The molecule has 2 amide bonds. The molecule has 4 saturated carbocycles. The van der Waals surface area contributed by atoms with Crippen LogP contribution in [0.5, 0.6) is 6.01 Å². The zero-order chi connectivity index (χ0) is 39.9. The second kappa shape index (κ2) is 15.0. The Hall–Kier alpha value is -4.62. The molecule has 2 aromatic carbocycles. The van der Waals surface area contributed by atoms with Crippen molar-refractivity contribution in [3.8, 4) is 6.01 Å². The molecule has 5 N–H and O–H groups in total. The van der Waals surface area contributed by atoms with Gasteiger partial charge in [-0.15, -0.1) is 0 Å². The predicted molar refractivity (Wildman–Crippen MR) is 195 cm³/mol. The van der Waals surface area contributed by atoms with E-state index in [-0.39, 0.29) is 61.5 Å². The van der Waals surface area contributed by atoms with Crippen LogP contribution < -0.4 is 30.7 Å². The number of anilines is 3. The third kappa shape index (κ3) is 9.32. The number of halogens is 5. The molecule has 14 nitrogen and oxygen atoms in total. The fourth-order valence-corrected chi connectivity index (χ4v) is 8.02. The lowest BCUT2D eigenvalue weighted by Gasteiger charge is -2.19. The number of carbonyl (C=O) groups excluding carboxylic acids is 3. The van der Waals surface area contributed by atoms with E-state index in [0.717, 1.165) is 31.2 Å². The molecule has 7 rings (SSSR count). The van der Waals surface area contributed by atoms with Crippen LogP contribution in [0.3, 0.4) is 0 Å². The predicted octanol–water partition coefficient (Wildman–Crippen LogP) is 5.05. The first-order valence-electron chi connectivity index (χ1n) is 18.2. The van der Waals surface area contributed by atoms with E-state index >= 15 is 0 Å². The van der Waals surface area contributed by atoms with Crippen LogP contribution in [0.25, 0.3) is 0 Å². The number of nitrogens with zero attached hydrogens (tertiary/aromatic N) is 3. The summed E-state index contributed by atoms with van der Waals surface area (Å²) in [6, 6.07) is 12.7. The monoisotopic (exact) mass is 822 g/mol. The number of hydrogen-bond acceptors (Lipinski definition) is 11. The molecule has 0 radical (unpaired) electrons. The van der Waals surface area contributed by atoms with Gasteiger partial charge in [-0.25, -0.2) is 17.5 Å². The molecule has 0 saturated heterocycles. The van der Waals surface area contributed by atoms with Gasteiger partial charge in [-0.05, 0) is 92.3 Å². The maximum absolute atomic E-state index is 14.2. The highest BCUT2D eigenvalue weighted by molar-refractivity contribution is 7.91. The van der Waals surface area contributed by atoms with Gasteiger partial charge in [-0.2, -0.15) is 28.1 Å². The molecular formula is C36H39ClF4N8O6S. The Labute approximate surface area is 324 Å². The number of ketones is 1. The number of benzene rings is 2. The maximum atomic E-state index is 14.2. The number of Topliss-reactive ketones (excluding diaryl/α,β-unsaturated/α-hetero) is 1. The number of rotatable bonds is 19. The Bertz CT molecular complexity index is 2100. The summed E-state index contributed by atoms with van der Waals surface area (Å²) in [5, 5.41) is 9.85. The topological polar surface area (TPSA) is 193 Å². The van der Waals surface area contributed by atoms with Crippen molar-refractivity contribution in [1.82, 2.24) is 30.3 Å². The molecule has 0 unspecified atom stereocenters. The van der Waals surface area contributed by atoms with Crippen LogP contribution >= 0.6 is 11.6 Å². The molecule has 0 spiro atoms. The maximum Gasteiger partial charge on any atom is 0.422 e. The lowest BCUT2D eigenvalue weighted by Crippen LogP contribution is -2.50. The fourth-order valence-electron chi connectivity index (χ4n) is 6.68. The zero-order valence-electron chi connectivity index (χ0n) is 29.8. The van der Waals surface area contributed by atoms with E-state index in [1.807, 2.05) is 12.1 Å². The highest BCUT2D eigenvalue weighted by Gasteiger charge is 2.65. The van der Waals surface area contributed by atoms with E-state index in [2.05, 4.69) is 40.9 Å². The minimum atomic E-state index is -4.62. The third-order valence-electron chi connectivity index (χ3n) is 10.4. The molecule has 300 valence electrons. The summed E-state index contributed by atoms with van der Waals surface area (Å²) in [6.45, 7) is -2.07. The summed E-state index contributed by atoms with van der Waals surface area (Å²) < 4.78 is 84.3. The van der Waals surface area contributed by atoms with Crippen molar-refractivity contribution in [2.24, 2.45) is 11.8 Å². The molecule has 4 aliphatic carbocycles. The highest BCUT2D eigenvalue weighted by Crippen LogP contribution is 2.57. The van der Waals surface area contributed by atoms with Gasteiger partial charge >= 0.3 is 12.2 Å². The third-order valence-corrected chi connectivity index (χ3v) is 12.5. The number of alkyl halides is 4. The number of aromatic nitrogens is 3. The molecule has 0 aliphatic heterocycles. The largest absolute Gasteiger partial charge is 0.454 e. The molecule has 1 aromatic heterocycles. The lowest BCUT2D eigenvalue weighted by atomic mass is 10.0. The van der Waals surface area contributed by atoms with E-state index in [9.17, 15) is 40.4 Å². The quantitative estimate of drug-likeness (QED) is 0.0803. The van der Waals surface area contributed by atoms with Gasteiger partial charge in [0.1, 0.15) is 5.54 Å². The van der Waals surface area contributed by atoms with Gasteiger partial charge in [0.25, 0.3) is 5.91 Å². The Morgan fingerprint density at radius 1 is 0.929 bits per heavy atom. The van der Waals surface area contributed by atoms with Crippen molar-refractivity contribution in [3.05, 3.63) is 64.7 Å². The average molecular weight is 823 g/mol. The van der Waals surface area contributed by atoms with Gasteiger partial charge in [-0.3, -0.25) is 14.4 Å². The molecule has 4 fully saturated rings. The summed E-state index contributed by atoms with van der Waals surface area (Å²) in [6.07, 6.45) is -0.940. The Morgan fingerprint density at radius 3 is 2.23 bits per heavy atom. The van der Waals surface area contributed by atoms with Crippen LogP contribution in [0, 0.1) is 11.8 Å². The minimum Gasteiger partial charge on any atom is -0.454 e. The van der Waals surface area contributed by atoms with Crippen LogP contribution in [0.4, 0.5) is 35.1 Å². The first-order valence-corrected chi connectivity index (χ1v) is 20.0. The van der Waals surface area contributed by atoms with E-state index in [1.54, 1.807) is 24.3 Å². The first-order chi connectivity index (χ1) is 26.5. The summed E-state index contributed by atoms with van der Waals surface area (Å²) >= 11 is 6.03. The van der Waals surface area contributed by atoms with Gasteiger partial charge in [-0.1, -0.05) is 23.7 Å². The normalized spacial score (nSPS) is 21.7. The summed E-state index contributed by atoms with van der Waals surface area (Å²) in [5.74, 6) is -1.28. The summed E-state index contributed by atoms with van der Waals surface area (Å²) in [4.78, 5) is 51.2. The molecule has 4 aliphatic rings. The molecule has 20 heteroatoms. The number of amides is 2. The smallest absolute Gasteiger partial charge is 0.422 e. The Morgan fingerprint density at radius 2 is 1.61 bits per heavy atom. The van der Waals surface area contributed by atoms with Crippen LogP contribution in [0.15, 0.2) is 48.5 Å². The molecule has 2 atom stereocenters. The molecule has 3 aromatic rings. The Balaban J connectivity index is 0.906. The van der Waals surface area contributed by atoms with Crippen molar-refractivity contribution in [2.45, 2.75) is 80.0 Å². The van der Waals surface area contributed by atoms with Crippen molar-refractivity contribution in [2.75, 3.05) is 30.3 Å². The Kier molecular flexibility index (Phi) is 10.6. The van der Waals surface area contributed by atoms with Crippen LogP contribution in [-0.4, -0.2) is 77.4 Å². The molecule has 1 heterocycles. The SMILES string of the molecule is O=C(CCCNC(=O)c1ccc(Nc2nc(NC3(c4ccc(Cl)cc4)CC3)nc(OCC(F)(F)F)n2)cc1)N[C@]1(C(=O)CNS(=O)(=O)C2(F)CC2)C[C@H]1C1CC1. The van der Waals surface area contributed by atoms with Crippen LogP contribution in [0.1, 0.15) is 73.7 Å².